The minimum absolute atomic E-state index is 0.347. The van der Waals surface area contributed by atoms with Gasteiger partial charge in [0.05, 0.1) is 11.9 Å². The van der Waals surface area contributed by atoms with Gasteiger partial charge in [0.25, 0.3) is 0 Å². The summed E-state index contributed by atoms with van der Waals surface area (Å²) >= 11 is 3.46. The molecule has 0 amide bonds. The first-order valence-electron chi connectivity index (χ1n) is 5.19. The molecule has 0 saturated carbocycles. The molecule has 0 spiro atoms. The van der Waals surface area contributed by atoms with E-state index in [9.17, 15) is 9.90 Å². The second kappa shape index (κ2) is 4.45. The van der Waals surface area contributed by atoms with Crippen molar-refractivity contribution < 1.29 is 15.0 Å². The maximum atomic E-state index is 10.8. The molecule has 0 aliphatic carbocycles. The Morgan fingerprint density at radius 3 is 2.33 bits per heavy atom. The van der Waals surface area contributed by atoms with Crippen molar-refractivity contribution in [1.82, 2.24) is 9.78 Å². The molecule has 6 heteroatoms. The van der Waals surface area contributed by atoms with E-state index in [0.717, 1.165) is 15.6 Å². The molecule has 2 aromatic rings. The molecule has 1 aromatic heterocycles. The van der Waals surface area contributed by atoms with Crippen LogP contribution in [0.4, 0.5) is 0 Å². The zero-order chi connectivity index (χ0) is 13.4. The second-order valence-corrected chi connectivity index (χ2v) is 4.80. The molecule has 5 nitrogen and oxygen atoms in total. The van der Waals surface area contributed by atoms with Gasteiger partial charge in [0.1, 0.15) is 0 Å². The first-order valence-corrected chi connectivity index (χ1v) is 5.98. The Labute approximate surface area is 112 Å². The number of benzene rings is 1. The summed E-state index contributed by atoms with van der Waals surface area (Å²) in [6.45, 7) is 3.87. The summed E-state index contributed by atoms with van der Waals surface area (Å²) in [7, 11) is 0. The Bertz CT molecular complexity index is 611. The minimum atomic E-state index is -1.25. The molecule has 0 bridgehead atoms. The van der Waals surface area contributed by atoms with Crippen LogP contribution in [0.15, 0.2) is 22.8 Å². The average molecular weight is 311 g/mol. The summed E-state index contributed by atoms with van der Waals surface area (Å²) in [5.41, 5.74) is 2.37. The topological polar surface area (TPSA) is 75.4 Å². The number of aromatic nitrogens is 2. The zero-order valence-electron chi connectivity index (χ0n) is 9.81. The zero-order valence-corrected chi connectivity index (χ0v) is 11.4. The van der Waals surface area contributed by atoms with Gasteiger partial charge in [-0.15, -0.1) is 0 Å². The van der Waals surface area contributed by atoms with Crippen LogP contribution in [0.2, 0.25) is 0 Å². The van der Waals surface area contributed by atoms with Crippen molar-refractivity contribution in [3.63, 3.8) is 0 Å². The number of halogens is 1. The maximum absolute atomic E-state index is 10.8. The number of rotatable bonds is 2. The summed E-state index contributed by atoms with van der Waals surface area (Å²) < 4.78 is 2.35. The Morgan fingerprint density at radius 1 is 1.33 bits per heavy atom. The van der Waals surface area contributed by atoms with Crippen molar-refractivity contribution in [2.75, 3.05) is 0 Å². The molecule has 1 heterocycles. The van der Waals surface area contributed by atoms with Gasteiger partial charge in [-0.1, -0.05) is 15.9 Å². The van der Waals surface area contributed by atoms with Crippen LogP contribution >= 0.6 is 15.9 Å². The number of hydrogen-bond acceptors (Lipinski definition) is 3. The van der Waals surface area contributed by atoms with Crippen LogP contribution in [0.1, 0.15) is 21.6 Å². The van der Waals surface area contributed by atoms with Crippen molar-refractivity contribution >= 4 is 21.9 Å². The van der Waals surface area contributed by atoms with E-state index in [0.29, 0.717) is 5.69 Å². The minimum Gasteiger partial charge on any atom is -0.504 e. The molecule has 1 aromatic carbocycles. The third kappa shape index (κ3) is 2.11. The summed E-state index contributed by atoms with van der Waals surface area (Å²) in [6, 6.07) is 3.71. The number of carboxylic acids is 1. The lowest BCUT2D eigenvalue weighted by Gasteiger charge is -2.07. The summed E-state index contributed by atoms with van der Waals surface area (Å²) in [5.74, 6) is -1.60. The fourth-order valence-electron chi connectivity index (χ4n) is 1.70. The number of aromatic carboxylic acids is 1. The van der Waals surface area contributed by atoms with Crippen LogP contribution in [0.5, 0.6) is 5.75 Å². The van der Waals surface area contributed by atoms with Gasteiger partial charge in [0, 0.05) is 4.47 Å². The number of hydrogen-bond donors (Lipinski definition) is 2. The molecule has 18 heavy (non-hydrogen) atoms. The number of aromatic hydroxyl groups is 1. The summed E-state index contributed by atoms with van der Waals surface area (Å²) in [4.78, 5) is 10.8. The number of carbonyl (C=O) groups is 1. The lowest BCUT2D eigenvalue weighted by atomic mass is 10.1. The van der Waals surface area contributed by atoms with Crippen molar-refractivity contribution in [3.8, 4) is 11.4 Å². The average Bonchev–Trinajstić information content (AvgIpc) is 2.67. The van der Waals surface area contributed by atoms with Crippen LogP contribution in [0, 0.1) is 13.8 Å². The van der Waals surface area contributed by atoms with E-state index in [4.69, 9.17) is 5.11 Å². The van der Waals surface area contributed by atoms with E-state index < -0.39 is 5.97 Å². The highest BCUT2D eigenvalue weighted by Gasteiger charge is 2.16. The third-order valence-corrected chi connectivity index (χ3v) is 3.83. The van der Waals surface area contributed by atoms with Gasteiger partial charge >= 0.3 is 5.97 Å². The monoisotopic (exact) mass is 310 g/mol. The van der Waals surface area contributed by atoms with Gasteiger partial charge in [-0.3, -0.25) is 0 Å². The summed E-state index contributed by atoms with van der Waals surface area (Å²) in [6.07, 6.45) is 1.28. The van der Waals surface area contributed by atoms with Gasteiger partial charge in [-0.05, 0) is 37.1 Å². The van der Waals surface area contributed by atoms with E-state index in [2.05, 4.69) is 21.0 Å². The Kier molecular flexibility index (Phi) is 3.13. The van der Waals surface area contributed by atoms with Gasteiger partial charge in [-0.25, -0.2) is 9.48 Å². The maximum Gasteiger partial charge on any atom is 0.360 e. The Morgan fingerprint density at radius 2 is 1.89 bits per heavy atom. The van der Waals surface area contributed by atoms with Crippen LogP contribution in [0.3, 0.4) is 0 Å². The fraction of sp³-hybridized carbons (Fsp3) is 0.167. The molecule has 0 saturated heterocycles. The Hall–Kier alpha value is -1.82. The highest BCUT2D eigenvalue weighted by atomic mass is 79.9. The molecule has 2 rings (SSSR count). The van der Waals surface area contributed by atoms with Crippen LogP contribution < -0.4 is 0 Å². The molecule has 0 fully saturated rings. The van der Waals surface area contributed by atoms with Crippen molar-refractivity contribution in [3.05, 3.63) is 39.6 Å². The van der Waals surface area contributed by atoms with Crippen molar-refractivity contribution in [2.45, 2.75) is 13.8 Å². The molecule has 0 aliphatic rings. The van der Waals surface area contributed by atoms with Gasteiger partial charge in [-0.2, -0.15) is 5.10 Å². The van der Waals surface area contributed by atoms with E-state index in [1.54, 1.807) is 0 Å². The van der Waals surface area contributed by atoms with E-state index >= 15 is 0 Å². The van der Waals surface area contributed by atoms with Crippen LogP contribution in [0.25, 0.3) is 5.69 Å². The van der Waals surface area contributed by atoms with E-state index in [-0.39, 0.29) is 11.4 Å². The Balaban J connectivity index is 2.56. The molecular formula is C12H11BrN2O3. The highest BCUT2D eigenvalue weighted by molar-refractivity contribution is 9.10. The molecule has 0 radical (unpaired) electrons. The van der Waals surface area contributed by atoms with Gasteiger partial charge in [0.2, 0.25) is 5.69 Å². The number of nitrogens with zero attached hydrogens (tertiary/aromatic N) is 2. The molecular weight excluding hydrogens is 300 g/mol. The van der Waals surface area contributed by atoms with Gasteiger partial charge < -0.3 is 10.2 Å². The highest BCUT2D eigenvalue weighted by Crippen LogP contribution is 2.25. The van der Waals surface area contributed by atoms with Crippen molar-refractivity contribution in [2.24, 2.45) is 0 Å². The second-order valence-electron chi connectivity index (χ2n) is 4.01. The normalized spacial score (nSPS) is 10.6. The fourth-order valence-corrected chi connectivity index (χ4v) is 1.93. The van der Waals surface area contributed by atoms with Crippen LogP contribution in [-0.4, -0.2) is 26.0 Å². The van der Waals surface area contributed by atoms with Crippen LogP contribution in [-0.2, 0) is 0 Å². The van der Waals surface area contributed by atoms with Gasteiger partial charge in [0.15, 0.2) is 5.75 Å². The first-order chi connectivity index (χ1) is 8.40. The van der Waals surface area contributed by atoms with Crippen molar-refractivity contribution in [1.29, 1.82) is 0 Å². The smallest absolute Gasteiger partial charge is 0.360 e. The van der Waals surface area contributed by atoms with E-state index in [1.807, 2.05) is 26.0 Å². The predicted octanol–water partition coefficient (Wildman–Crippen LogP) is 2.66. The molecule has 0 atom stereocenters. The molecule has 94 valence electrons. The number of aryl methyl sites for hydroxylation is 2. The first kappa shape index (κ1) is 12.6. The molecule has 0 unspecified atom stereocenters. The largest absolute Gasteiger partial charge is 0.504 e. The molecule has 0 aliphatic heterocycles. The third-order valence-electron chi connectivity index (χ3n) is 2.58. The lowest BCUT2D eigenvalue weighted by molar-refractivity contribution is 0.0687. The standard InChI is InChI=1S/C12H11BrN2O3/c1-6-3-8(4-7(2)10(6)13)15-5-9(16)11(14-15)12(17)18/h3-5,16H,1-2H3,(H,17,18). The van der Waals surface area contributed by atoms with E-state index in [1.165, 1.54) is 10.9 Å². The SMILES string of the molecule is Cc1cc(-n2cc(O)c(C(=O)O)n2)cc(C)c1Br. The quantitative estimate of drug-likeness (QED) is 0.894. The lowest BCUT2D eigenvalue weighted by Crippen LogP contribution is -2.02. The number of carboxylic acid groups (broad SMARTS) is 1. The predicted molar refractivity (Wildman–Crippen MR) is 69.4 cm³/mol. The molecule has 2 N–H and O–H groups in total. The summed E-state index contributed by atoms with van der Waals surface area (Å²) in [5, 5.41) is 22.2.